The molecule has 0 spiro atoms. The summed E-state index contributed by atoms with van der Waals surface area (Å²) < 4.78 is 18.0. The Labute approximate surface area is 238 Å². The predicted molar refractivity (Wildman–Crippen MR) is 148 cm³/mol. The maximum absolute atomic E-state index is 12.7. The van der Waals surface area contributed by atoms with Gasteiger partial charge in [0, 0.05) is 17.9 Å². The molecule has 4 aliphatic rings. The first-order valence-electron chi connectivity index (χ1n) is 15.3. The van der Waals surface area contributed by atoms with Crippen molar-refractivity contribution >= 4 is 17.9 Å². The summed E-state index contributed by atoms with van der Waals surface area (Å²) in [6.45, 7) is 6.52. The molecule has 4 saturated carbocycles. The van der Waals surface area contributed by atoms with E-state index in [0.29, 0.717) is 31.1 Å². The molecule has 40 heavy (non-hydrogen) atoms. The van der Waals surface area contributed by atoms with Gasteiger partial charge in [-0.2, -0.15) is 0 Å². The lowest BCUT2D eigenvalue weighted by Crippen LogP contribution is -2.63. The Hall–Kier alpha value is -1.75. The van der Waals surface area contributed by atoms with Crippen LogP contribution < -0.4 is 17.2 Å². The molecular weight excluding hydrogens is 514 g/mol. The highest BCUT2D eigenvalue weighted by Crippen LogP contribution is 2.69. The lowest BCUT2D eigenvalue weighted by atomic mass is 9.43. The van der Waals surface area contributed by atoms with Crippen LogP contribution in [0.4, 0.5) is 0 Å². The molecule has 0 saturated heterocycles. The molecule has 11 atom stereocenters. The van der Waals surface area contributed by atoms with Crippen LogP contribution in [0.25, 0.3) is 0 Å². The van der Waals surface area contributed by atoms with Crippen molar-refractivity contribution in [2.24, 2.45) is 63.5 Å². The first-order chi connectivity index (χ1) is 19.0. The van der Waals surface area contributed by atoms with Gasteiger partial charge in [0.15, 0.2) is 0 Å². The van der Waals surface area contributed by atoms with Crippen LogP contribution in [-0.2, 0) is 28.6 Å². The molecule has 4 fully saturated rings. The molecule has 10 nitrogen and oxygen atoms in total. The molecule has 0 heterocycles. The van der Waals surface area contributed by atoms with E-state index >= 15 is 0 Å². The van der Waals surface area contributed by atoms with Gasteiger partial charge >= 0.3 is 17.9 Å². The summed E-state index contributed by atoms with van der Waals surface area (Å²) in [6.07, 6.45) is 6.51. The zero-order chi connectivity index (χ0) is 29.2. The third-order valence-corrected chi connectivity index (χ3v) is 11.6. The minimum atomic E-state index is -0.404. The number of carbonyl (C=O) groups is 3. The van der Waals surface area contributed by atoms with Crippen LogP contribution in [0.15, 0.2) is 0 Å². The summed E-state index contributed by atoms with van der Waals surface area (Å²) in [5, 5.41) is 9.50. The van der Waals surface area contributed by atoms with Crippen molar-refractivity contribution in [1.82, 2.24) is 0 Å². The summed E-state index contributed by atoms with van der Waals surface area (Å²) >= 11 is 0. The molecule has 7 N–H and O–H groups in total. The minimum absolute atomic E-state index is 0.0861. The number of aliphatic hydroxyl groups excluding tert-OH is 1. The van der Waals surface area contributed by atoms with Crippen LogP contribution in [0.2, 0.25) is 0 Å². The maximum Gasteiger partial charge on any atom is 0.319 e. The van der Waals surface area contributed by atoms with E-state index in [1.807, 2.05) is 0 Å². The van der Waals surface area contributed by atoms with Gasteiger partial charge in [-0.15, -0.1) is 0 Å². The van der Waals surface area contributed by atoms with E-state index < -0.39 is 17.9 Å². The molecule has 0 aromatic rings. The Bertz CT molecular complexity index is 933. The molecule has 0 radical (unpaired) electrons. The molecule has 0 aromatic heterocycles. The van der Waals surface area contributed by atoms with Gasteiger partial charge in [-0.25, -0.2) is 0 Å². The number of carbonyl (C=O) groups excluding carboxylic acids is 3. The fourth-order valence-electron chi connectivity index (χ4n) is 9.74. The Morgan fingerprint density at radius 3 is 2.17 bits per heavy atom. The van der Waals surface area contributed by atoms with Crippen molar-refractivity contribution in [3.05, 3.63) is 0 Å². The van der Waals surface area contributed by atoms with E-state index in [2.05, 4.69) is 20.8 Å². The van der Waals surface area contributed by atoms with Crippen LogP contribution in [-0.4, -0.2) is 67.6 Å². The first-order valence-corrected chi connectivity index (χ1v) is 15.3. The minimum Gasteiger partial charge on any atom is -0.461 e. The number of nitrogens with two attached hydrogens (primary N) is 3. The number of esters is 3. The number of hydrogen-bond donors (Lipinski definition) is 4. The van der Waals surface area contributed by atoms with Crippen molar-refractivity contribution in [1.29, 1.82) is 0 Å². The molecule has 0 aromatic carbocycles. The van der Waals surface area contributed by atoms with Gasteiger partial charge in [-0.05, 0) is 92.8 Å². The Balaban J connectivity index is 1.72. The molecule has 0 bridgehead atoms. The van der Waals surface area contributed by atoms with E-state index in [1.165, 1.54) is 0 Å². The fourth-order valence-corrected chi connectivity index (χ4v) is 9.74. The largest absolute Gasteiger partial charge is 0.461 e. The second-order valence-electron chi connectivity index (χ2n) is 13.4. The van der Waals surface area contributed by atoms with Gasteiger partial charge in [0.1, 0.15) is 18.3 Å². The zero-order valence-electron chi connectivity index (χ0n) is 24.5. The van der Waals surface area contributed by atoms with Crippen LogP contribution in [0, 0.1) is 46.3 Å². The van der Waals surface area contributed by atoms with Gasteiger partial charge in [0.2, 0.25) is 0 Å². The highest BCUT2D eigenvalue weighted by molar-refractivity contribution is 5.72. The van der Waals surface area contributed by atoms with E-state index in [9.17, 15) is 19.5 Å². The molecular formula is C30H51N3O7. The molecule has 0 amide bonds. The van der Waals surface area contributed by atoms with Gasteiger partial charge in [0.25, 0.3) is 0 Å². The van der Waals surface area contributed by atoms with Crippen LogP contribution in [0.1, 0.15) is 78.6 Å². The number of aliphatic hydroxyl groups is 1. The van der Waals surface area contributed by atoms with Crippen molar-refractivity contribution in [3.63, 3.8) is 0 Å². The quantitative estimate of drug-likeness (QED) is 0.226. The predicted octanol–water partition coefficient (Wildman–Crippen LogP) is 1.89. The lowest BCUT2D eigenvalue weighted by Gasteiger charge is -2.64. The average molecular weight is 566 g/mol. The summed E-state index contributed by atoms with van der Waals surface area (Å²) in [6, 6.07) is 0. The molecule has 228 valence electrons. The average Bonchev–Trinajstić information content (AvgIpc) is 3.30. The van der Waals surface area contributed by atoms with E-state index in [4.69, 9.17) is 31.4 Å². The molecule has 4 aliphatic carbocycles. The summed E-state index contributed by atoms with van der Waals surface area (Å²) in [5.41, 5.74) is 16.6. The number of fused-ring (bicyclic) bond motifs is 5. The van der Waals surface area contributed by atoms with Gasteiger partial charge in [-0.1, -0.05) is 20.8 Å². The Kier molecular flexibility index (Phi) is 9.85. The van der Waals surface area contributed by atoms with Crippen molar-refractivity contribution in [3.8, 4) is 0 Å². The highest BCUT2D eigenvalue weighted by atomic mass is 16.6. The SMILES string of the molecule is CC(CCCO)C1CC[C@H]2C3[C@H](OC(=O)CN)CC4C[C@H](OC(=O)CN)CC[C@]4(C)[C@H]3C[C@H](OC(=O)CN)[C@]12C. The van der Waals surface area contributed by atoms with E-state index in [-0.39, 0.29) is 79.1 Å². The molecule has 4 unspecified atom stereocenters. The number of rotatable bonds is 10. The van der Waals surface area contributed by atoms with Crippen LogP contribution >= 0.6 is 0 Å². The monoisotopic (exact) mass is 565 g/mol. The van der Waals surface area contributed by atoms with Crippen molar-refractivity contribution < 1.29 is 33.7 Å². The number of ether oxygens (including phenoxy) is 3. The second kappa shape index (κ2) is 12.6. The third kappa shape index (κ3) is 5.65. The molecule has 0 aliphatic heterocycles. The lowest BCUT2D eigenvalue weighted by molar-refractivity contribution is -0.225. The van der Waals surface area contributed by atoms with Gasteiger partial charge in [0.05, 0.1) is 19.6 Å². The van der Waals surface area contributed by atoms with E-state index in [0.717, 1.165) is 38.5 Å². The zero-order valence-corrected chi connectivity index (χ0v) is 24.5. The third-order valence-electron chi connectivity index (χ3n) is 11.6. The molecule has 4 rings (SSSR count). The smallest absolute Gasteiger partial charge is 0.319 e. The topological polar surface area (TPSA) is 177 Å². The normalized spacial score (nSPS) is 41.2. The van der Waals surface area contributed by atoms with Gasteiger partial charge < -0.3 is 36.5 Å². The van der Waals surface area contributed by atoms with Crippen LogP contribution in [0.3, 0.4) is 0 Å². The summed E-state index contributed by atoms with van der Waals surface area (Å²) in [4.78, 5) is 37.3. The van der Waals surface area contributed by atoms with Crippen molar-refractivity contribution in [2.75, 3.05) is 26.2 Å². The van der Waals surface area contributed by atoms with E-state index in [1.54, 1.807) is 0 Å². The second-order valence-corrected chi connectivity index (χ2v) is 13.4. The maximum atomic E-state index is 12.7. The first kappa shape index (κ1) is 31.2. The summed E-state index contributed by atoms with van der Waals surface area (Å²) in [7, 11) is 0. The number of hydrogen-bond acceptors (Lipinski definition) is 10. The highest BCUT2D eigenvalue weighted by Gasteiger charge is 2.67. The van der Waals surface area contributed by atoms with Gasteiger partial charge in [-0.3, -0.25) is 14.4 Å². The summed E-state index contributed by atoms with van der Waals surface area (Å²) in [5.74, 6) is 0.111. The molecule has 10 heteroatoms. The standard InChI is InChI=1S/C30H51N3O7/c1-17(5-4-10-34)20-6-7-21-28-22(13-24(30(20,21)3)40-27(37)16-33)29(2)9-8-19(38-25(35)14-31)11-18(29)12-23(28)39-26(36)15-32/h17-24,28,34H,4-16,31-33H2,1-3H3/t17?,18?,19-,20?,21+,22+,23-,24+,28?,29+,30-/m1/s1. The Morgan fingerprint density at radius 1 is 0.875 bits per heavy atom. The Morgan fingerprint density at radius 2 is 1.52 bits per heavy atom. The van der Waals surface area contributed by atoms with Crippen molar-refractivity contribution in [2.45, 2.75) is 96.9 Å². The fraction of sp³-hybridized carbons (Fsp3) is 0.900. The van der Waals surface area contributed by atoms with Crippen LogP contribution in [0.5, 0.6) is 0 Å².